The summed E-state index contributed by atoms with van der Waals surface area (Å²) in [6.45, 7) is 2.04. The van der Waals surface area contributed by atoms with Crippen LogP contribution in [0.15, 0.2) is 23.1 Å². The van der Waals surface area contributed by atoms with Gasteiger partial charge in [0.05, 0.1) is 5.56 Å². The lowest BCUT2D eigenvalue weighted by molar-refractivity contribution is 0.0696. The van der Waals surface area contributed by atoms with E-state index in [4.69, 9.17) is 15.9 Å². The Morgan fingerprint density at radius 1 is 1.56 bits per heavy atom. The maximum atomic E-state index is 10.8. The molecule has 16 heavy (non-hydrogen) atoms. The number of hydrogen-bond acceptors (Lipinski definition) is 4. The summed E-state index contributed by atoms with van der Waals surface area (Å²) in [7, 11) is 0. The number of carbonyl (C=O) groups is 1. The lowest BCUT2D eigenvalue weighted by atomic mass is 10.2. The molecule has 0 saturated carbocycles. The summed E-state index contributed by atoms with van der Waals surface area (Å²) in [6, 6.07) is 4.64. The minimum atomic E-state index is -0.961. The number of carboxylic acid groups (broad SMARTS) is 1. The number of anilines is 1. The van der Waals surface area contributed by atoms with Gasteiger partial charge in [0.1, 0.15) is 0 Å². The van der Waals surface area contributed by atoms with E-state index in [-0.39, 0.29) is 18.1 Å². The van der Waals surface area contributed by atoms with E-state index in [0.717, 1.165) is 4.90 Å². The van der Waals surface area contributed by atoms with Crippen molar-refractivity contribution in [3.63, 3.8) is 0 Å². The van der Waals surface area contributed by atoms with Crippen LogP contribution in [0.3, 0.4) is 0 Å². The van der Waals surface area contributed by atoms with E-state index in [9.17, 15) is 4.79 Å². The van der Waals surface area contributed by atoms with Crippen molar-refractivity contribution < 1.29 is 15.0 Å². The zero-order chi connectivity index (χ0) is 12.1. The summed E-state index contributed by atoms with van der Waals surface area (Å²) in [5, 5.41) is 17.7. The van der Waals surface area contributed by atoms with Crippen LogP contribution in [0.5, 0.6) is 0 Å². The predicted molar refractivity (Wildman–Crippen MR) is 64.8 cm³/mol. The van der Waals surface area contributed by atoms with E-state index in [1.807, 2.05) is 6.92 Å². The second-order valence-electron chi connectivity index (χ2n) is 3.66. The summed E-state index contributed by atoms with van der Waals surface area (Å²) in [4.78, 5) is 11.5. The monoisotopic (exact) mass is 241 g/mol. The molecule has 0 spiro atoms. The second-order valence-corrected chi connectivity index (χ2v) is 4.72. The Balaban J connectivity index is 2.78. The first-order valence-electron chi connectivity index (χ1n) is 4.91. The van der Waals surface area contributed by atoms with Crippen molar-refractivity contribution in [2.45, 2.75) is 11.8 Å². The number of rotatable bonds is 5. The highest BCUT2D eigenvalue weighted by Gasteiger charge is 2.08. The van der Waals surface area contributed by atoms with Gasteiger partial charge in [-0.1, -0.05) is 6.92 Å². The van der Waals surface area contributed by atoms with Crippen LogP contribution in [0.2, 0.25) is 0 Å². The van der Waals surface area contributed by atoms with E-state index >= 15 is 0 Å². The number of hydrogen-bond donors (Lipinski definition) is 3. The Hall–Kier alpha value is -1.20. The number of benzene rings is 1. The SMILES string of the molecule is CC(CO)CSc1cc(C(=O)O)ccc1N. The van der Waals surface area contributed by atoms with Crippen molar-refractivity contribution in [2.75, 3.05) is 18.1 Å². The molecule has 0 bridgehead atoms. The van der Waals surface area contributed by atoms with Crippen LogP contribution < -0.4 is 5.73 Å². The highest BCUT2D eigenvalue weighted by molar-refractivity contribution is 7.99. The fourth-order valence-corrected chi connectivity index (χ4v) is 2.09. The first kappa shape index (κ1) is 12.9. The Morgan fingerprint density at radius 3 is 2.81 bits per heavy atom. The number of thioether (sulfide) groups is 1. The summed E-state index contributed by atoms with van der Waals surface area (Å²) in [5.41, 5.74) is 6.54. The Labute approximate surface area is 98.5 Å². The molecule has 4 nitrogen and oxygen atoms in total. The molecule has 1 aromatic carbocycles. The molecule has 0 aliphatic heterocycles. The molecule has 5 heteroatoms. The zero-order valence-electron chi connectivity index (χ0n) is 9.01. The number of aliphatic hydroxyl groups excluding tert-OH is 1. The molecule has 0 heterocycles. The largest absolute Gasteiger partial charge is 0.478 e. The van der Waals surface area contributed by atoms with Crippen molar-refractivity contribution in [1.82, 2.24) is 0 Å². The predicted octanol–water partition coefficient (Wildman–Crippen LogP) is 1.69. The molecule has 1 atom stereocenters. The number of aliphatic hydroxyl groups is 1. The van der Waals surface area contributed by atoms with E-state index in [1.165, 1.54) is 17.8 Å². The minimum absolute atomic E-state index is 0.117. The third-order valence-corrected chi connectivity index (χ3v) is 3.50. The number of aromatic carboxylic acids is 1. The normalized spacial score (nSPS) is 12.4. The van der Waals surface area contributed by atoms with Crippen LogP contribution in [-0.4, -0.2) is 28.5 Å². The van der Waals surface area contributed by atoms with Crippen LogP contribution in [-0.2, 0) is 0 Å². The minimum Gasteiger partial charge on any atom is -0.478 e. The van der Waals surface area contributed by atoms with Gasteiger partial charge in [0.2, 0.25) is 0 Å². The summed E-state index contributed by atoms with van der Waals surface area (Å²) in [5.74, 6) is -0.0843. The third-order valence-electron chi connectivity index (χ3n) is 2.10. The van der Waals surface area contributed by atoms with Crippen molar-refractivity contribution >= 4 is 23.4 Å². The van der Waals surface area contributed by atoms with Crippen molar-refractivity contribution in [2.24, 2.45) is 5.92 Å². The highest BCUT2D eigenvalue weighted by atomic mass is 32.2. The molecule has 1 rings (SSSR count). The van der Waals surface area contributed by atoms with Gasteiger partial charge in [0.15, 0.2) is 0 Å². The molecule has 0 radical (unpaired) electrons. The second kappa shape index (κ2) is 5.77. The van der Waals surface area contributed by atoms with Crippen LogP contribution >= 0.6 is 11.8 Å². The topological polar surface area (TPSA) is 83.5 Å². The Morgan fingerprint density at radius 2 is 2.25 bits per heavy atom. The molecule has 0 aliphatic carbocycles. The maximum Gasteiger partial charge on any atom is 0.335 e. The van der Waals surface area contributed by atoms with Crippen molar-refractivity contribution in [1.29, 1.82) is 0 Å². The van der Waals surface area contributed by atoms with Gasteiger partial charge in [-0.3, -0.25) is 0 Å². The smallest absolute Gasteiger partial charge is 0.335 e. The molecule has 4 N–H and O–H groups in total. The molecular weight excluding hydrogens is 226 g/mol. The van der Waals surface area contributed by atoms with Crippen LogP contribution in [0.1, 0.15) is 17.3 Å². The zero-order valence-corrected chi connectivity index (χ0v) is 9.83. The fourth-order valence-electron chi connectivity index (χ4n) is 1.08. The number of nitrogen functional groups attached to an aromatic ring is 1. The van der Waals surface area contributed by atoms with E-state index < -0.39 is 5.97 Å². The molecule has 1 aromatic rings. The molecule has 0 aromatic heterocycles. The first-order chi connectivity index (χ1) is 7.54. The molecule has 0 fully saturated rings. The van der Waals surface area contributed by atoms with Gasteiger partial charge in [-0.15, -0.1) is 11.8 Å². The van der Waals surface area contributed by atoms with Crippen LogP contribution in [0, 0.1) is 5.92 Å². The van der Waals surface area contributed by atoms with Gasteiger partial charge >= 0.3 is 5.97 Å². The van der Waals surface area contributed by atoms with E-state index in [2.05, 4.69) is 0 Å². The molecule has 1 unspecified atom stereocenters. The van der Waals surface area contributed by atoms with Gasteiger partial charge < -0.3 is 15.9 Å². The molecular formula is C11H15NO3S. The fraction of sp³-hybridized carbons (Fsp3) is 0.364. The van der Waals surface area contributed by atoms with Crippen LogP contribution in [0.25, 0.3) is 0 Å². The van der Waals surface area contributed by atoms with E-state index in [1.54, 1.807) is 12.1 Å². The van der Waals surface area contributed by atoms with Gasteiger partial charge in [-0.05, 0) is 24.1 Å². The number of carboxylic acids is 1. The van der Waals surface area contributed by atoms with Gasteiger partial charge in [-0.2, -0.15) is 0 Å². The lowest BCUT2D eigenvalue weighted by Gasteiger charge is -2.09. The van der Waals surface area contributed by atoms with Gasteiger partial charge in [0.25, 0.3) is 0 Å². The van der Waals surface area contributed by atoms with E-state index in [0.29, 0.717) is 11.4 Å². The van der Waals surface area contributed by atoms with Crippen molar-refractivity contribution in [3.8, 4) is 0 Å². The summed E-state index contributed by atoms with van der Waals surface area (Å²) >= 11 is 1.46. The van der Waals surface area contributed by atoms with Gasteiger partial charge in [-0.25, -0.2) is 4.79 Å². The molecule has 0 amide bonds. The summed E-state index contributed by atoms with van der Waals surface area (Å²) in [6.07, 6.45) is 0. The quantitative estimate of drug-likeness (QED) is 0.539. The maximum absolute atomic E-state index is 10.8. The highest BCUT2D eigenvalue weighted by Crippen LogP contribution is 2.27. The average molecular weight is 241 g/mol. The third kappa shape index (κ3) is 3.43. The standard InChI is InChI=1S/C11H15NO3S/c1-7(5-13)6-16-10-4-8(11(14)15)2-3-9(10)12/h2-4,7,13H,5-6,12H2,1H3,(H,14,15). The lowest BCUT2D eigenvalue weighted by Crippen LogP contribution is -2.04. The molecule has 0 aliphatic rings. The summed E-state index contributed by atoms with van der Waals surface area (Å²) < 4.78 is 0. The average Bonchev–Trinajstić information content (AvgIpc) is 2.27. The number of nitrogens with two attached hydrogens (primary N) is 1. The van der Waals surface area contributed by atoms with Crippen LogP contribution in [0.4, 0.5) is 5.69 Å². The molecule has 88 valence electrons. The Bertz CT molecular complexity index is 381. The Kier molecular flexibility index (Phi) is 4.64. The van der Waals surface area contributed by atoms with Gasteiger partial charge in [0, 0.05) is 22.9 Å². The molecule has 0 saturated heterocycles. The first-order valence-corrected chi connectivity index (χ1v) is 5.89. The van der Waals surface area contributed by atoms with Crippen molar-refractivity contribution in [3.05, 3.63) is 23.8 Å².